The largest absolute Gasteiger partial charge is 0.469 e. The summed E-state index contributed by atoms with van der Waals surface area (Å²) < 4.78 is 10.3. The second-order valence-corrected chi connectivity index (χ2v) is 4.29. The Balaban J connectivity index is 3.92. The van der Waals surface area contributed by atoms with Crippen LogP contribution in [0.25, 0.3) is 0 Å². The van der Waals surface area contributed by atoms with Crippen LogP contribution in [-0.2, 0) is 14.3 Å². The van der Waals surface area contributed by atoms with Gasteiger partial charge in [0, 0.05) is 0 Å². The fourth-order valence-electron chi connectivity index (χ4n) is 1.18. The first kappa shape index (κ1) is 13.4. The number of ether oxygens (including phenoxy) is 2. The van der Waals surface area contributed by atoms with Crippen molar-refractivity contribution in [2.75, 3.05) is 13.7 Å². The van der Waals surface area contributed by atoms with Gasteiger partial charge in [0.05, 0.1) is 25.2 Å². The van der Waals surface area contributed by atoms with Gasteiger partial charge in [-0.2, -0.15) is 0 Å². The van der Waals surface area contributed by atoms with E-state index in [1.54, 1.807) is 0 Å². The summed E-state index contributed by atoms with van der Waals surface area (Å²) >= 11 is 0. The highest BCUT2D eigenvalue weighted by Crippen LogP contribution is 2.18. The molecule has 0 amide bonds. The first-order valence-corrected chi connectivity index (χ1v) is 5.14. The van der Waals surface area contributed by atoms with Gasteiger partial charge in [0.15, 0.2) is 0 Å². The molecule has 84 valence electrons. The molecule has 0 aromatic carbocycles. The van der Waals surface area contributed by atoms with Crippen LogP contribution in [0, 0.1) is 5.41 Å². The summed E-state index contributed by atoms with van der Waals surface area (Å²) in [4.78, 5) is 11.3. The van der Waals surface area contributed by atoms with Crippen LogP contribution in [0.3, 0.4) is 0 Å². The van der Waals surface area contributed by atoms with Gasteiger partial charge in [0.25, 0.3) is 0 Å². The molecule has 3 heteroatoms. The van der Waals surface area contributed by atoms with E-state index >= 15 is 0 Å². The summed E-state index contributed by atoms with van der Waals surface area (Å²) in [6.45, 7) is 8.22. The molecule has 0 spiro atoms. The summed E-state index contributed by atoms with van der Waals surface area (Å²) in [7, 11) is 1.40. The smallest absolute Gasteiger partial charge is 0.313 e. The minimum atomic E-state index is -0.545. The number of carbonyl (C=O) groups is 1. The molecular formula is C11H22O3. The van der Waals surface area contributed by atoms with Crippen molar-refractivity contribution in [2.45, 2.75) is 46.6 Å². The van der Waals surface area contributed by atoms with Crippen molar-refractivity contribution in [2.24, 2.45) is 5.41 Å². The Morgan fingerprint density at radius 2 is 2.00 bits per heavy atom. The predicted octanol–water partition coefficient (Wildman–Crippen LogP) is 2.39. The highest BCUT2D eigenvalue weighted by Gasteiger charge is 2.29. The number of methoxy groups -OCH3 is 1. The van der Waals surface area contributed by atoms with Gasteiger partial charge in [0.2, 0.25) is 0 Å². The molecule has 1 unspecified atom stereocenters. The van der Waals surface area contributed by atoms with E-state index in [9.17, 15) is 4.79 Å². The normalized spacial score (nSPS) is 13.8. The van der Waals surface area contributed by atoms with E-state index in [0.29, 0.717) is 6.61 Å². The SMILES string of the molecule is CCCC(C)OCC(C)(C)C(=O)OC. The third-order valence-corrected chi connectivity index (χ3v) is 2.16. The highest BCUT2D eigenvalue weighted by molar-refractivity contribution is 5.75. The van der Waals surface area contributed by atoms with Gasteiger partial charge >= 0.3 is 5.97 Å². The first-order chi connectivity index (χ1) is 6.44. The molecule has 0 bridgehead atoms. The van der Waals surface area contributed by atoms with Crippen LogP contribution in [0.15, 0.2) is 0 Å². The maximum Gasteiger partial charge on any atom is 0.313 e. The monoisotopic (exact) mass is 202 g/mol. The topological polar surface area (TPSA) is 35.5 Å². The van der Waals surface area contributed by atoms with Crippen LogP contribution < -0.4 is 0 Å². The zero-order valence-corrected chi connectivity index (χ0v) is 9.92. The van der Waals surface area contributed by atoms with E-state index < -0.39 is 5.41 Å². The number of carbonyl (C=O) groups excluding carboxylic acids is 1. The van der Waals surface area contributed by atoms with Gasteiger partial charge in [-0.15, -0.1) is 0 Å². The molecule has 1 atom stereocenters. The summed E-state index contributed by atoms with van der Waals surface area (Å²) in [5.41, 5.74) is -0.545. The molecule has 0 fully saturated rings. The van der Waals surface area contributed by atoms with E-state index in [4.69, 9.17) is 4.74 Å². The van der Waals surface area contributed by atoms with Crippen molar-refractivity contribution < 1.29 is 14.3 Å². The Labute approximate surface area is 86.8 Å². The molecule has 0 aromatic heterocycles. The fourth-order valence-corrected chi connectivity index (χ4v) is 1.18. The van der Waals surface area contributed by atoms with E-state index in [0.717, 1.165) is 12.8 Å². The zero-order valence-electron chi connectivity index (χ0n) is 9.92. The number of hydrogen-bond acceptors (Lipinski definition) is 3. The quantitative estimate of drug-likeness (QED) is 0.620. The van der Waals surface area contributed by atoms with Gasteiger partial charge in [-0.3, -0.25) is 4.79 Å². The summed E-state index contributed by atoms with van der Waals surface area (Å²) in [5, 5.41) is 0. The van der Waals surface area contributed by atoms with Crippen LogP contribution in [0.2, 0.25) is 0 Å². The maximum absolute atomic E-state index is 11.3. The Morgan fingerprint density at radius 3 is 2.43 bits per heavy atom. The van der Waals surface area contributed by atoms with Crippen LogP contribution >= 0.6 is 0 Å². The molecule has 0 N–H and O–H groups in total. The van der Waals surface area contributed by atoms with Crippen LogP contribution in [0.4, 0.5) is 0 Å². The minimum Gasteiger partial charge on any atom is -0.469 e. The molecule has 0 saturated heterocycles. The second kappa shape index (κ2) is 6.02. The third kappa shape index (κ3) is 4.61. The van der Waals surface area contributed by atoms with Crippen molar-refractivity contribution in [1.29, 1.82) is 0 Å². The molecule has 0 saturated carbocycles. The Bertz CT molecular complexity index is 175. The van der Waals surface area contributed by atoms with Gasteiger partial charge in [-0.25, -0.2) is 0 Å². The molecule has 3 nitrogen and oxygen atoms in total. The summed E-state index contributed by atoms with van der Waals surface area (Å²) in [6.07, 6.45) is 2.33. The number of hydrogen-bond donors (Lipinski definition) is 0. The molecule has 0 heterocycles. The third-order valence-electron chi connectivity index (χ3n) is 2.16. The zero-order chi connectivity index (χ0) is 11.2. The lowest BCUT2D eigenvalue weighted by Crippen LogP contribution is -2.32. The van der Waals surface area contributed by atoms with Crippen molar-refractivity contribution in [3.05, 3.63) is 0 Å². The van der Waals surface area contributed by atoms with E-state index in [2.05, 4.69) is 11.7 Å². The lowest BCUT2D eigenvalue weighted by Gasteiger charge is -2.23. The van der Waals surface area contributed by atoms with E-state index in [1.165, 1.54) is 7.11 Å². The maximum atomic E-state index is 11.3. The predicted molar refractivity (Wildman–Crippen MR) is 56.1 cm³/mol. The summed E-state index contributed by atoms with van der Waals surface area (Å²) in [6, 6.07) is 0. The van der Waals surface area contributed by atoms with Gasteiger partial charge in [-0.1, -0.05) is 13.3 Å². The molecule has 0 radical (unpaired) electrons. The van der Waals surface area contributed by atoms with Crippen LogP contribution in [-0.4, -0.2) is 25.8 Å². The van der Waals surface area contributed by atoms with Crippen LogP contribution in [0.1, 0.15) is 40.5 Å². The molecule has 0 aromatic rings. The van der Waals surface area contributed by atoms with Gasteiger partial charge in [0.1, 0.15) is 0 Å². The number of rotatable bonds is 6. The first-order valence-electron chi connectivity index (χ1n) is 5.14. The lowest BCUT2D eigenvalue weighted by atomic mass is 9.95. The molecule has 0 rings (SSSR count). The highest BCUT2D eigenvalue weighted by atomic mass is 16.5. The molecule has 0 aliphatic rings. The second-order valence-electron chi connectivity index (χ2n) is 4.29. The van der Waals surface area contributed by atoms with E-state index in [1.807, 2.05) is 20.8 Å². The van der Waals surface area contributed by atoms with Gasteiger partial charge in [-0.05, 0) is 27.2 Å². The Morgan fingerprint density at radius 1 is 1.43 bits per heavy atom. The fraction of sp³-hybridized carbons (Fsp3) is 0.909. The average Bonchev–Trinajstić information content (AvgIpc) is 2.14. The Kier molecular flexibility index (Phi) is 5.77. The summed E-state index contributed by atoms with van der Waals surface area (Å²) in [5.74, 6) is -0.221. The Hall–Kier alpha value is -0.570. The standard InChI is InChI=1S/C11H22O3/c1-6-7-9(2)14-8-11(3,4)10(12)13-5/h9H,6-8H2,1-5H3. The minimum absolute atomic E-state index is 0.212. The average molecular weight is 202 g/mol. The van der Waals surface area contributed by atoms with Crippen molar-refractivity contribution in [3.63, 3.8) is 0 Å². The van der Waals surface area contributed by atoms with E-state index in [-0.39, 0.29) is 12.1 Å². The molecule has 0 aliphatic heterocycles. The van der Waals surface area contributed by atoms with Crippen molar-refractivity contribution >= 4 is 5.97 Å². The molecule has 14 heavy (non-hydrogen) atoms. The molecular weight excluding hydrogens is 180 g/mol. The van der Waals surface area contributed by atoms with Crippen molar-refractivity contribution in [1.82, 2.24) is 0 Å². The van der Waals surface area contributed by atoms with Crippen LogP contribution in [0.5, 0.6) is 0 Å². The van der Waals surface area contributed by atoms with Gasteiger partial charge < -0.3 is 9.47 Å². The lowest BCUT2D eigenvalue weighted by molar-refractivity contribution is -0.155. The van der Waals surface area contributed by atoms with Crippen molar-refractivity contribution in [3.8, 4) is 0 Å². The molecule has 0 aliphatic carbocycles. The number of esters is 1.